The topological polar surface area (TPSA) is 122 Å². The molecular formula is C5H10ClNO5. The Labute approximate surface area is 74.4 Å². The summed E-state index contributed by atoms with van der Waals surface area (Å²) in [7, 11) is 0. The molecule has 0 aromatic carbocycles. The van der Waals surface area contributed by atoms with E-state index in [9.17, 15) is 9.59 Å². The molecule has 0 saturated carbocycles. The van der Waals surface area contributed by atoms with Crippen molar-refractivity contribution >= 4 is 11.9 Å². The van der Waals surface area contributed by atoms with Gasteiger partial charge in [0.25, 0.3) is 0 Å². The van der Waals surface area contributed by atoms with Crippen molar-refractivity contribution < 1.29 is 43.0 Å². The quantitative estimate of drug-likeness (QED) is 0.361. The van der Waals surface area contributed by atoms with Crippen molar-refractivity contribution in [3.05, 3.63) is 0 Å². The zero-order valence-corrected chi connectivity index (χ0v) is 7.08. The zero-order valence-electron chi connectivity index (χ0n) is 6.32. The Hall–Kier alpha value is -0.850. The lowest BCUT2D eigenvalue weighted by atomic mass is 9.98. The van der Waals surface area contributed by atoms with Crippen LogP contribution in [0.5, 0.6) is 0 Å². The molecule has 0 bridgehead atoms. The van der Waals surface area contributed by atoms with Gasteiger partial charge in [-0.3, -0.25) is 0 Å². The molecule has 0 aliphatic heterocycles. The molecule has 0 fully saturated rings. The summed E-state index contributed by atoms with van der Waals surface area (Å²) in [6.45, 7) is 0.890. The molecule has 0 radical (unpaired) electrons. The van der Waals surface area contributed by atoms with Crippen LogP contribution in [0.3, 0.4) is 0 Å². The van der Waals surface area contributed by atoms with Gasteiger partial charge in [0, 0.05) is 0 Å². The summed E-state index contributed by atoms with van der Waals surface area (Å²) >= 11 is 0. The maximum atomic E-state index is 10.2. The van der Waals surface area contributed by atoms with E-state index >= 15 is 0 Å². The minimum atomic E-state index is -2.31. The molecule has 0 heterocycles. The van der Waals surface area contributed by atoms with Crippen molar-refractivity contribution in [1.82, 2.24) is 0 Å². The van der Waals surface area contributed by atoms with Gasteiger partial charge < -0.3 is 33.5 Å². The third-order valence-electron chi connectivity index (χ3n) is 1.41. The van der Waals surface area contributed by atoms with E-state index in [1.165, 1.54) is 0 Å². The number of hydrogen-bond acceptors (Lipinski definition) is 3. The van der Waals surface area contributed by atoms with Crippen molar-refractivity contribution in [1.29, 1.82) is 0 Å². The van der Waals surface area contributed by atoms with E-state index in [-0.39, 0.29) is 12.4 Å². The molecule has 0 aliphatic carbocycles. The van der Waals surface area contributed by atoms with Gasteiger partial charge in [-0.15, -0.1) is 0 Å². The second kappa shape index (κ2) is 4.24. The Kier molecular flexibility index (Phi) is 4.85. The third kappa shape index (κ3) is 2.65. The molecule has 0 aromatic heterocycles. The SMILES string of the molecule is C[C@](O)(C(=O)O)[C@H]([NH3+])C(=O)O.[Cl-]. The van der Waals surface area contributed by atoms with Crippen molar-refractivity contribution in [2.45, 2.75) is 18.6 Å². The largest absolute Gasteiger partial charge is 1.00 e. The molecule has 0 unspecified atom stereocenters. The average Bonchev–Trinajstić information content (AvgIpc) is 1.85. The van der Waals surface area contributed by atoms with E-state index < -0.39 is 23.6 Å². The van der Waals surface area contributed by atoms with Gasteiger partial charge in [-0.25, -0.2) is 9.59 Å². The van der Waals surface area contributed by atoms with Crippen molar-refractivity contribution in [2.24, 2.45) is 0 Å². The van der Waals surface area contributed by atoms with Crippen LogP contribution < -0.4 is 18.1 Å². The van der Waals surface area contributed by atoms with E-state index in [0.29, 0.717) is 0 Å². The Morgan fingerprint density at radius 1 is 1.42 bits per heavy atom. The van der Waals surface area contributed by atoms with E-state index in [2.05, 4.69) is 5.73 Å². The van der Waals surface area contributed by atoms with Gasteiger partial charge in [-0.2, -0.15) is 0 Å². The summed E-state index contributed by atoms with van der Waals surface area (Å²) in [6.07, 6.45) is 0. The first kappa shape index (κ1) is 13.7. The van der Waals surface area contributed by atoms with E-state index in [0.717, 1.165) is 6.92 Å². The molecule has 7 heteroatoms. The number of carboxylic acids is 2. The highest BCUT2D eigenvalue weighted by Crippen LogP contribution is 2.06. The van der Waals surface area contributed by atoms with Crippen LogP contribution in [-0.4, -0.2) is 38.9 Å². The first-order valence-electron chi connectivity index (χ1n) is 2.81. The van der Waals surface area contributed by atoms with Crippen LogP contribution in [0.25, 0.3) is 0 Å². The first-order valence-corrected chi connectivity index (χ1v) is 2.81. The number of rotatable bonds is 3. The van der Waals surface area contributed by atoms with Crippen LogP contribution in [0.15, 0.2) is 0 Å². The summed E-state index contributed by atoms with van der Waals surface area (Å²) in [5, 5.41) is 25.6. The Bertz CT molecular complexity index is 192. The lowest BCUT2D eigenvalue weighted by Gasteiger charge is -2.18. The van der Waals surface area contributed by atoms with Crippen LogP contribution in [0.1, 0.15) is 6.92 Å². The number of carboxylic acid groups (broad SMARTS) is 2. The molecule has 0 aliphatic rings. The lowest BCUT2D eigenvalue weighted by Crippen LogP contribution is -3.00. The highest BCUT2D eigenvalue weighted by molar-refractivity contribution is 5.86. The molecule has 0 rings (SSSR count). The van der Waals surface area contributed by atoms with E-state index in [1.807, 2.05) is 0 Å². The molecule has 0 aromatic rings. The van der Waals surface area contributed by atoms with Crippen LogP contribution in [0.4, 0.5) is 0 Å². The number of aliphatic carboxylic acids is 2. The third-order valence-corrected chi connectivity index (χ3v) is 1.41. The summed E-state index contributed by atoms with van der Waals surface area (Å²) < 4.78 is 0. The number of carbonyl (C=O) groups is 2. The number of hydrogen-bond donors (Lipinski definition) is 4. The standard InChI is InChI=1S/C5H9NO5.ClH/c1-5(11,4(9)10)2(6)3(7)8;/h2,11H,6H2,1H3,(H,7,8)(H,9,10);1H/t2-,5-;/m1./s1. The minimum Gasteiger partial charge on any atom is -1.00 e. The van der Waals surface area contributed by atoms with Crippen LogP contribution in [0, 0.1) is 0 Å². The van der Waals surface area contributed by atoms with Crippen LogP contribution >= 0.6 is 0 Å². The van der Waals surface area contributed by atoms with E-state index in [4.69, 9.17) is 15.3 Å². The van der Waals surface area contributed by atoms with Crippen LogP contribution in [-0.2, 0) is 9.59 Å². The monoisotopic (exact) mass is 199 g/mol. The summed E-state index contributed by atoms with van der Waals surface area (Å²) in [5.41, 5.74) is 0.686. The van der Waals surface area contributed by atoms with Gasteiger partial charge in [0.05, 0.1) is 0 Å². The van der Waals surface area contributed by atoms with Crippen molar-refractivity contribution in [3.63, 3.8) is 0 Å². The summed E-state index contributed by atoms with van der Waals surface area (Å²) in [6, 6.07) is -1.57. The smallest absolute Gasteiger partial charge is 0.366 e. The molecule has 0 spiro atoms. The maximum absolute atomic E-state index is 10.2. The van der Waals surface area contributed by atoms with Gasteiger partial charge >= 0.3 is 11.9 Å². The lowest BCUT2D eigenvalue weighted by molar-refractivity contribution is -0.434. The van der Waals surface area contributed by atoms with Crippen molar-refractivity contribution in [2.75, 3.05) is 0 Å². The van der Waals surface area contributed by atoms with Gasteiger partial charge in [-0.1, -0.05) is 0 Å². The van der Waals surface area contributed by atoms with Gasteiger partial charge in [0.15, 0.2) is 0 Å². The molecule has 6 nitrogen and oxygen atoms in total. The second-order valence-electron chi connectivity index (χ2n) is 2.34. The fourth-order valence-electron chi connectivity index (χ4n) is 0.389. The maximum Gasteiger partial charge on any atom is 0.366 e. The number of aliphatic hydroxyl groups is 1. The summed E-state index contributed by atoms with van der Waals surface area (Å²) in [4.78, 5) is 20.4. The predicted molar refractivity (Wildman–Crippen MR) is 32.6 cm³/mol. The number of quaternary nitrogens is 1. The molecule has 12 heavy (non-hydrogen) atoms. The predicted octanol–water partition coefficient (Wildman–Crippen LogP) is -5.48. The fraction of sp³-hybridized carbons (Fsp3) is 0.600. The minimum absolute atomic E-state index is 0. The molecule has 72 valence electrons. The van der Waals surface area contributed by atoms with Gasteiger partial charge in [-0.05, 0) is 6.92 Å². The Balaban J connectivity index is 0. The van der Waals surface area contributed by atoms with Gasteiger partial charge in [0.1, 0.15) is 0 Å². The highest BCUT2D eigenvalue weighted by Gasteiger charge is 2.45. The molecule has 2 atom stereocenters. The second-order valence-corrected chi connectivity index (χ2v) is 2.34. The molecule has 0 amide bonds. The highest BCUT2D eigenvalue weighted by atomic mass is 35.5. The Morgan fingerprint density at radius 3 is 1.83 bits per heavy atom. The van der Waals surface area contributed by atoms with E-state index in [1.54, 1.807) is 0 Å². The molecule has 0 saturated heterocycles. The van der Waals surface area contributed by atoms with Crippen molar-refractivity contribution in [3.8, 4) is 0 Å². The zero-order chi connectivity index (χ0) is 9.23. The summed E-state index contributed by atoms with van der Waals surface area (Å²) in [5.74, 6) is -3.04. The van der Waals surface area contributed by atoms with Gasteiger partial charge in [0.2, 0.25) is 11.6 Å². The molecular weight excluding hydrogens is 190 g/mol. The first-order chi connectivity index (χ1) is 4.80. The Morgan fingerprint density at radius 2 is 1.75 bits per heavy atom. The average molecular weight is 200 g/mol. The fourth-order valence-corrected chi connectivity index (χ4v) is 0.389. The normalized spacial score (nSPS) is 16.9. The molecule has 6 N–H and O–H groups in total. The number of halogens is 1. The van der Waals surface area contributed by atoms with Crippen LogP contribution in [0.2, 0.25) is 0 Å².